The predicted molar refractivity (Wildman–Crippen MR) is 147 cm³/mol. The molecule has 186 valence electrons. The van der Waals surface area contributed by atoms with Crippen molar-refractivity contribution >= 4 is 29.4 Å². The van der Waals surface area contributed by atoms with Crippen LogP contribution in [0.5, 0.6) is 0 Å². The summed E-state index contributed by atoms with van der Waals surface area (Å²) in [5.74, 6) is 0.0830. The van der Waals surface area contributed by atoms with E-state index in [-0.39, 0.29) is 5.78 Å². The standard InChI is InChI=1S/C30H25N7O/c1-29(2)27-15-30(37-18-20(17-32-37)19-4-3-11-31-16-19)10-9-25(36-30)13-23-6-5-21(33-23)12-22-7-8-24(34-22)14-26(35-27)28(29)38/h3-18,26,33,35H,1-2H3. The maximum absolute atomic E-state index is 13.5. The van der Waals surface area contributed by atoms with E-state index in [2.05, 4.69) is 15.3 Å². The summed E-state index contributed by atoms with van der Waals surface area (Å²) in [6.45, 7) is 3.89. The third kappa shape index (κ3) is 3.64. The fourth-order valence-corrected chi connectivity index (χ4v) is 5.19. The van der Waals surface area contributed by atoms with Crippen LogP contribution in [0.25, 0.3) is 23.3 Å². The molecule has 8 heteroatoms. The van der Waals surface area contributed by atoms with Gasteiger partial charge in [0, 0.05) is 46.1 Å². The Morgan fingerprint density at radius 3 is 2.63 bits per heavy atom. The molecule has 0 saturated carbocycles. The first kappa shape index (κ1) is 22.4. The second-order valence-corrected chi connectivity index (χ2v) is 10.4. The summed E-state index contributed by atoms with van der Waals surface area (Å²) in [5, 5.41) is 10.0. The lowest BCUT2D eigenvalue weighted by molar-refractivity contribution is -0.123. The van der Waals surface area contributed by atoms with Crippen molar-refractivity contribution in [3.63, 3.8) is 0 Å². The Labute approximate surface area is 218 Å². The lowest BCUT2D eigenvalue weighted by Gasteiger charge is -2.25. The zero-order valence-electron chi connectivity index (χ0n) is 21.0. The van der Waals surface area contributed by atoms with Gasteiger partial charge in [-0.25, -0.2) is 14.7 Å². The first-order valence-electron chi connectivity index (χ1n) is 12.5. The van der Waals surface area contributed by atoms with Crippen molar-refractivity contribution in [1.82, 2.24) is 25.1 Å². The number of rotatable bonds is 2. The summed E-state index contributed by atoms with van der Waals surface area (Å²) < 4.78 is 1.83. The molecule has 38 heavy (non-hydrogen) atoms. The van der Waals surface area contributed by atoms with Crippen molar-refractivity contribution < 1.29 is 4.79 Å². The lowest BCUT2D eigenvalue weighted by atomic mass is 9.84. The van der Waals surface area contributed by atoms with Crippen LogP contribution in [0.4, 0.5) is 0 Å². The lowest BCUT2D eigenvalue weighted by Crippen LogP contribution is -2.30. The molecule has 2 atom stereocenters. The van der Waals surface area contributed by atoms with Gasteiger partial charge in [0.25, 0.3) is 0 Å². The van der Waals surface area contributed by atoms with Crippen LogP contribution in [0.15, 0.2) is 107 Å². The van der Waals surface area contributed by atoms with Crippen LogP contribution in [0.1, 0.15) is 13.8 Å². The molecule has 2 unspecified atom stereocenters. The Kier molecular flexibility index (Phi) is 4.75. The Hall–Kier alpha value is -4.85. The Balaban J connectivity index is 1.43. The highest BCUT2D eigenvalue weighted by Gasteiger charge is 2.46. The van der Waals surface area contributed by atoms with Crippen molar-refractivity contribution in [2.24, 2.45) is 15.4 Å². The molecule has 0 spiro atoms. The largest absolute Gasteiger partial charge is 0.375 e. The van der Waals surface area contributed by atoms with Crippen LogP contribution in [0.3, 0.4) is 0 Å². The average Bonchev–Trinajstić information content (AvgIpc) is 3.73. The molecule has 0 aliphatic carbocycles. The number of hydrogen-bond donors (Lipinski definition) is 2. The summed E-state index contributed by atoms with van der Waals surface area (Å²) in [7, 11) is 0. The number of hydrogen-bond acceptors (Lipinski definition) is 6. The summed E-state index contributed by atoms with van der Waals surface area (Å²) in [4.78, 5) is 31.0. The van der Waals surface area contributed by atoms with Gasteiger partial charge >= 0.3 is 0 Å². The van der Waals surface area contributed by atoms with Crippen LogP contribution in [0.2, 0.25) is 0 Å². The topological polar surface area (TPSA) is 100 Å². The number of carbonyl (C=O) groups is 1. The number of ketones is 1. The van der Waals surface area contributed by atoms with Gasteiger partial charge in [0.1, 0.15) is 6.04 Å². The van der Waals surface area contributed by atoms with Gasteiger partial charge in [-0.3, -0.25) is 9.78 Å². The third-order valence-corrected chi connectivity index (χ3v) is 7.35. The van der Waals surface area contributed by atoms with Gasteiger partial charge in [-0.1, -0.05) is 6.07 Å². The third-order valence-electron chi connectivity index (χ3n) is 7.35. The molecule has 7 rings (SSSR count). The number of aromatic nitrogens is 4. The number of aliphatic imine (C=N–C) groups is 2. The Morgan fingerprint density at radius 2 is 1.82 bits per heavy atom. The van der Waals surface area contributed by atoms with Gasteiger partial charge < -0.3 is 10.3 Å². The zero-order chi connectivity index (χ0) is 25.9. The van der Waals surface area contributed by atoms with E-state index < -0.39 is 17.1 Å². The predicted octanol–water partition coefficient (Wildman–Crippen LogP) is 2.56. The molecular formula is C30H25N7O. The molecule has 3 aromatic heterocycles. The summed E-state index contributed by atoms with van der Waals surface area (Å²) >= 11 is 0. The van der Waals surface area contributed by atoms with Gasteiger partial charge in [0.2, 0.25) is 0 Å². The van der Waals surface area contributed by atoms with E-state index in [1.807, 2.05) is 110 Å². The van der Waals surface area contributed by atoms with E-state index in [1.54, 1.807) is 6.20 Å². The first-order valence-corrected chi connectivity index (χ1v) is 12.5. The molecule has 3 aromatic rings. The van der Waals surface area contributed by atoms with E-state index in [1.165, 1.54) is 0 Å². The number of aromatic amines is 1. The van der Waals surface area contributed by atoms with Gasteiger partial charge in [-0.15, -0.1) is 0 Å². The minimum atomic E-state index is -0.953. The van der Waals surface area contributed by atoms with E-state index in [0.717, 1.165) is 44.6 Å². The summed E-state index contributed by atoms with van der Waals surface area (Å²) in [6, 6.07) is 7.44. The second kappa shape index (κ2) is 8.08. The molecule has 1 fully saturated rings. The van der Waals surface area contributed by atoms with Gasteiger partial charge in [0.05, 0.1) is 28.7 Å². The molecule has 4 aliphatic heterocycles. The quantitative estimate of drug-likeness (QED) is 0.566. The van der Waals surface area contributed by atoms with Crippen LogP contribution in [-0.4, -0.2) is 43.0 Å². The van der Waals surface area contributed by atoms with Gasteiger partial charge in [-0.2, -0.15) is 5.10 Å². The van der Waals surface area contributed by atoms with Crippen LogP contribution in [-0.2, 0) is 10.5 Å². The highest BCUT2D eigenvalue weighted by Crippen LogP contribution is 2.39. The minimum absolute atomic E-state index is 0.0830. The summed E-state index contributed by atoms with van der Waals surface area (Å²) in [6.07, 6.45) is 23.1. The number of nitrogens with zero attached hydrogens (tertiary/aromatic N) is 5. The fraction of sp³-hybridized carbons (Fsp3) is 0.167. The van der Waals surface area contributed by atoms with Gasteiger partial charge in [-0.05, 0) is 80.7 Å². The van der Waals surface area contributed by atoms with Crippen LogP contribution in [0, 0.1) is 5.41 Å². The number of Topliss-reactive ketones (excluding diaryl/α,β-unsaturated/α-hetero) is 1. The number of pyridine rings is 1. The molecule has 8 nitrogen and oxygen atoms in total. The van der Waals surface area contributed by atoms with Crippen molar-refractivity contribution in [3.05, 3.63) is 108 Å². The fourth-order valence-electron chi connectivity index (χ4n) is 5.19. The smallest absolute Gasteiger partial charge is 0.192 e. The first-order chi connectivity index (χ1) is 18.4. The molecule has 7 heterocycles. The molecule has 8 bridgehead atoms. The molecule has 1 saturated heterocycles. The zero-order valence-corrected chi connectivity index (χ0v) is 21.0. The molecule has 0 amide bonds. The number of carbonyl (C=O) groups excluding carboxylic acids is 1. The maximum Gasteiger partial charge on any atom is 0.192 e. The van der Waals surface area contributed by atoms with E-state index in [0.29, 0.717) is 0 Å². The highest BCUT2D eigenvalue weighted by atomic mass is 16.1. The van der Waals surface area contributed by atoms with Crippen molar-refractivity contribution in [1.29, 1.82) is 0 Å². The number of allylic oxidation sites excluding steroid dienone is 4. The Bertz CT molecular complexity index is 1790. The van der Waals surface area contributed by atoms with Gasteiger partial charge in [0.15, 0.2) is 11.4 Å². The second-order valence-electron chi connectivity index (χ2n) is 10.4. The summed E-state index contributed by atoms with van der Waals surface area (Å²) in [5.41, 5.74) is 3.38. The number of H-pyrrole nitrogens is 1. The minimum Gasteiger partial charge on any atom is -0.375 e. The van der Waals surface area contributed by atoms with Crippen LogP contribution >= 0.6 is 0 Å². The SMILES string of the molecule is CC1(C)C(=O)C2C=C3C=CC(=N3)C=c3ccc([nH]3)=CC3=NC(n4cc(-c5cccnc5)cn4)(C=C3)C=C1N2. The van der Waals surface area contributed by atoms with Crippen molar-refractivity contribution in [2.75, 3.05) is 0 Å². The highest BCUT2D eigenvalue weighted by molar-refractivity contribution is 6.19. The molecule has 2 N–H and O–H groups in total. The van der Waals surface area contributed by atoms with E-state index >= 15 is 0 Å². The molecule has 0 aromatic carbocycles. The monoisotopic (exact) mass is 499 g/mol. The van der Waals surface area contributed by atoms with E-state index in [4.69, 9.17) is 15.1 Å². The van der Waals surface area contributed by atoms with Crippen molar-refractivity contribution in [3.8, 4) is 11.1 Å². The van der Waals surface area contributed by atoms with E-state index in [9.17, 15) is 4.79 Å². The number of fused-ring (bicyclic) bond motifs is 6. The average molecular weight is 500 g/mol. The van der Waals surface area contributed by atoms with Crippen molar-refractivity contribution in [2.45, 2.75) is 25.6 Å². The molecule has 0 radical (unpaired) electrons. The van der Waals surface area contributed by atoms with Crippen LogP contribution < -0.4 is 16.0 Å². The maximum atomic E-state index is 13.5. The number of nitrogens with one attached hydrogen (secondary N) is 2. The normalized spacial score (nSPS) is 24.7. The molecular weight excluding hydrogens is 474 g/mol. The Morgan fingerprint density at radius 1 is 0.974 bits per heavy atom. The molecule has 4 aliphatic rings.